The number of hydrogen-bond acceptors (Lipinski definition) is 1. The zero-order chi connectivity index (χ0) is 13.9. The molecule has 0 heterocycles. The van der Waals surface area contributed by atoms with Gasteiger partial charge in [-0.25, -0.2) is 0 Å². The molecule has 0 unspecified atom stereocenters. The van der Waals surface area contributed by atoms with E-state index in [1.54, 1.807) is 24.3 Å². The van der Waals surface area contributed by atoms with Gasteiger partial charge < -0.3 is 5.32 Å². The van der Waals surface area contributed by atoms with Crippen molar-refractivity contribution in [2.75, 3.05) is 0 Å². The normalized spacial score (nSPS) is 11.1. The van der Waals surface area contributed by atoms with Crippen LogP contribution in [0, 0.1) is 0 Å². The number of rotatable bonds is 3. The molecule has 19 heavy (non-hydrogen) atoms. The van der Waals surface area contributed by atoms with Crippen LogP contribution in [0.4, 0.5) is 0 Å². The molecule has 2 rings (SSSR count). The van der Waals surface area contributed by atoms with Gasteiger partial charge in [-0.15, -0.1) is 0 Å². The van der Waals surface area contributed by atoms with Gasteiger partial charge in [0.15, 0.2) is 0 Å². The van der Waals surface area contributed by atoms with E-state index in [9.17, 15) is 4.79 Å². The molecule has 0 aliphatic heterocycles. The number of nitrogens with one attached hydrogen (secondary N) is 1. The molecule has 0 bridgehead atoms. The van der Waals surface area contributed by atoms with Gasteiger partial charge in [-0.3, -0.25) is 4.79 Å². The van der Waals surface area contributed by atoms with Gasteiger partial charge in [-0.05, 0) is 37.6 Å². The Balaban J connectivity index is 2.19. The van der Waals surface area contributed by atoms with Crippen molar-refractivity contribution in [2.45, 2.75) is 19.4 Å². The van der Waals surface area contributed by atoms with Crippen molar-refractivity contribution < 1.29 is 4.79 Å². The van der Waals surface area contributed by atoms with Crippen LogP contribution in [0.25, 0.3) is 0 Å². The summed E-state index contributed by atoms with van der Waals surface area (Å²) in [4.78, 5) is 12.2. The Hall–Kier alpha value is -1.80. The molecular formula is C16H16ClNO. The maximum atomic E-state index is 12.2. The highest BCUT2D eigenvalue weighted by Crippen LogP contribution is 2.20. The molecule has 0 saturated carbocycles. The predicted molar refractivity (Wildman–Crippen MR) is 78.4 cm³/mol. The lowest BCUT2D eigenvalue weighted by Gasteiger charge is -2.27. The van der Waals surface area contributed by atoms with Crippen LogP contribution >= 0.6 is 11.6 Å². The second-order valence-electron chi connectivity index (χ2n) is 4.96. The van der Waals surface area contributed by atoms with Crippen LogP contribution < -0.4 is 5.32 Å². The zero-order valence-electron chi connectivity index (χ0n) is 11.0. The van der Waals surface area contributed by atoms with Crippen molar-refractivity contribution in [1.29, 1.82) is 0 Å². The van der Waals surface area contributed by atoms with Crippen LogP contribution in [0.2, 0.25) is 5.02 Å². The van der Waals surface area contributed by atoms with E-state index in [-0.39, 0.29) is 5.91 Å². The summed E-state index contributed by atoms with van der Waals surface area (Å²) in [6.45, 7) is 3.95. The average molecular weight is 274 g/mol. The molecule has 0 spiro atoms. The Labute approximate surface area is 118 Å². The lowest BCUT2D eigenvalue weighted by atomic mass is 9.94. The minimum atomic E-state index is -0.430. The highest BCUT2D eigenvalue weighted by atomic mass is 35.5. The molecule has 0 radical (unpaired) electrons. The molecule has 0 fully saturated rings. The molecule has 2 aromatic carbocycles. The standard InChI is InChI=1S/C16H16ClNO/c1-16(2,13-8-4-3-5-9-13)18-15(19)12-7-6-10-14(17)11-12/h3-11H,1-2H3,(H,18,19). The molecule has 3 heteroatoms. The van der Waals surface area contributed by atoms with Crippen molar-refractivity contribution >= 4 is 17.5 Å². The Bertz CT molecular complexity index is 578. The molecule has 0 aliphatic rings. The minimum absolute atomic E-state index is 0.128. The summed E-state index contributed by atoms with van der Waals surface area (Å²) in [6.07, 6.45) is 0. The summed E-state index contributed by atoms with van der Waals surface area (Å²) in [5.41, 5.74) is 1.20. The highest BCUT2D eigenvalue weighted by Gasteiger charge is 2.23. The third kappa shape index (κ3) is 3.36. The van der Waals surface area contributed by atoms with Gasteiger partial charge >= 0.3 is 0 Å². The minimum Gasteiger partial charge on any atom is -0.343 e. The van der Waals surface area contributed by atoms with Gasteiger partial charge in [0.1, 0.15) is 0 Å². The third-order valence-corrected chi connectivity index (χ3v) is 3.24. The molecule has 1 amide bonds. The summed E-state index contributed by atoms with van der Waals surface area (Å²) in [7, 11) is 0. The molecule has 2 nitrogen and oxygen atoms in total. The van der Waals surface area contributed by atoms with Crippen molar-refractivity contribution in [3.05, 3.63) is 70.7 Å². The average Bonchev–Trinajstić information content (AvgIpc) is 2.39. The Morgan fingerprint density at radius 3 is 2.37 bits per heavy atom. The fraction of sp³-hybridized carbons (Fsp3) is 0.188. The predicted octanol–water partition coefficient (Wildman–Crippen LogP) is 4.01. The highest BCUT2D eigenvalue weighted by molar-refractivity contribution is 6.30. The van der Waals surface area contributed by atoms with Crippen molar-refractivity contribution in [3.8, 4) is 0 Å². The third-order valence-electron chi connectivity index (χ3n) is 3.01. The summed E-state index contributed by atoms with van der Waals surface area (Å²) in [5.74, 6) is -0.128. The Morgan fingerprint density at radius 1 is 1.05 bits per heavy atom. The second-order valence-corrected chi connectivity index (χ2v) is 5.39. The molecule has 0 saturated heterocycles. The quantitative estimate of drug-likeness (QED) is 0.900. The van der Waals surface area contributed by atoms with Gasteiger partial charge in [0, 0.05) is 10.6 Å². The van der Waals surface area contributed by atoms with E-state index in [1.165, 1.54) is 0 Å². The van der Waals surface area contributed by atoms with E-state index in [0.29, 0.717) is 10.6 Å². The first-order valence-electron chi connectivity index (χ1n) is 6.13. The number of carbonyl (C=O) groups is 1. The summed E-state index contributed by atoms with van der Waals surface area (Å²) in [5, 5.41) is 3.58. The lowest BCUT2D eigenvalue weighted by molar-refractivity contribution is 0.0912. The first-order chi connectivity index (χ1) is 8.99. The van der Waals surface area contributed by atoms with Crippen LogP contribution in [0.5, 0.6) is 0 Å². The van der Waals surface area contributed by atoms with E-state index in [2.05, 4.69) is 5.32 Å². The second kappa shape index (κ2) is 5.45. The number of benzene rings is 2. The summed E-state index contributed by atoms with van der Waals surface area (Å²) >= 11 is 5.90. The summed E-state index contributed by atoms with van der Waals surface area (Å²) < 4.78 is 0. The number of halogens is 1. The topological polar surface area (TPSA) is 29.1 Å². The Kier molecular flexibility index (Phi) is 3.91. The van der Waals surface area contributed by atoms with Crippen LogP contribution in [0.3, 0.4) is 0 Å². The number of hydrogen-bond donors (Lipinski definition) is 1. The molecule has 2 aromatic rings. The number of amides is 1. The van der Waals surface area contributed by atoms with Crippen molar-refractivity contribution in [3.63, 3.8) is 0 Å². The Morgan fingerprint density at radius 2 is 1.74 bits per heavy atom. The zero-order valence-corrected chi connectivity index (χ0v) is 11.7. The van der Waals surface area contributed by atoms with E-state index >= 15 is 0 Å². The molecule has 0 aromatic heterocycles. The molecule has 98 valence electrons. The molecule has 0 atom stereocenters. The van der Waals surface area contributed by atoms with Crippen LogP contribution in [0.15, 0.2) is 54.6 Å². The van der Waals surface area contributed by atoms with Crippen LogP contribution in [-0.2, 0) is 5.54 Å². The maximum absolute atomic E-state index is 12.2. The van der Waals surface area contributed by atoms with Gasteiger partial charge in [-0.1, -0.05) is 48.0 Å². The first-order valence-corrected chi connectivity index (χ1v) is 6.50. The first kappa shape index (κ1) is 13.6. The van der Waals surface area contributed by atoms with Gasteiger partial charge in [0.05, 0.1) is 5.54 Å². The molecule has 0 aliphatic carbocycles. The van der Waals surface area contributed by atoms with Crippen LogP contribution in [0.1, 0.15) is 29.8 Å². The lowest BCUT2D eigenvalue weighted by Crippen LogP contribution is -2.40. The largest absolute Gasteiger partial charge is 0.343 e. The SMILES string of the molecule is CC(C)(NC(=O)c1cccc(Cl)c1)c1ccccc1. The van der Waals surface area contributed by atoms with E-state index in [1.807, 2.05) is 44.2 Å². The van der Waals surface area contributed by atoms with Gasteiger partial charge in [-0.2, -0.15) is 0 Å². The van der Waals surface area contributed by atoms with Gasteiger partial charge in [0.2, 0.25) is 0 Å². The van der Waals surface area contributed by atoms with E-state index in [4.69, 9.17) is 11.6 Å². The number of carbonyl (C=O) groups excluding carboxylic acids is 1. The van der Waals surface area contributed by atoms with E-state index in [0.717, 1.165) is 5.56 Å². The smallest absolute Gasteiger partial charge is 0.252 e. The summed E-state index contributed by atoms with van der Waals surface area (Å²) in [6, 6.07) is 16.8. The van der Waals surface area contributed by atoms with Gasteiger partial charge in [0.25, 0.3) is 5.91 Å². The van der Waals surface area contributed by atoms with Crippen LogP contribution in [-0.4, -0.2) is 5.91 Å². The molecule has 1 N–H and O–H groups in total. The fourth-order valence-electron chi connectivity index (χ4n) is 1.91. The molecular weight excluding hydrogens is 258 g/mol. The monoisotopic (exact) mass is 273 g/mol. The van der Waals surface area contributed by atoms with Crippen molar-refractivity contribution in [1.82, 2.24) is 5.32 Å². The van der Waals surface area contributed by atoms with Crippen molar-refractivity contribution in [2.24, 2.45) is 0 Å². The fourth-order valence-corrected chi connectivity index (χ4v) is 2.10. The maximum Gasteiger partial charge on any atom is 0.252 e. The van der Waals surface area contributed by atoms with E-state index < -0.39 is 5.54 Å².